The summed E-state index contributed by atoms with van der Waals surface area (Å²) < 4.78 is 6.26. The second-order valence-electron chi connectivity index (χ2n) is 4.42. The maximum atomic E-state index is 6.16. The monoisotopic (exact) mass is 304 g/mol. The number of thiazole rings is 1. The third kappa shape index (κ3) is 2.44. The van der Waals surface area contributed by atoms with Gasteiger partial charge in [0.25, 0.3) is 0 Å². The number of benzene rings is 2. The molecule has 0 bridgehead atoms. The summed E-state index contributed by atoms with van der Waals surface area (Å²) in [6.45, 7) is 2.01. The van der Waals surface area contributed by atoms with Gasteiger partial charge in [0.15, 0.2) is 5.13 Å². The molecular weight excluding hydrogens is 292 g/mol. The fourth-order valence-corrected chi connectivity index (χ4v) is 3.22. The smallest absolute Gasteiger partial charge is 0.188 e. The molecule has 0 unspecified atom stereocenters. The molecule has 5 heteroatoms. The zero-order valence-electron chi connectivity index (χ0n) is 11.1. The highest BCUT2D eigenvalue weighted by molar-refractivity contribution is 7.22. The Balaban J connectivity index is 1.93. The van der Waals surface area contributed by atoms with E-state index in [1.165, 1.54) is 0 Å². The van der Waals surface area contributed by atoms with E-state index in [-0.39, 0.29) is 0 Å². The van der Waals surface area contributed by atoms with Crippen LogP contribution in [0.5, 0.6) is 5.75 Å². The Labute approximate surface area is 126 Å². The molecule has 0 amide bonds. The van der Waals surface area contributed by atoms with Crippen molar-refractivity contribution < 1.29 is 4.74 Å². The van der Waals surface area contributed by atoms with E-state index in [9.17, 15) is 0 Å². The summed E-state index contributed by atoms with van der Waals surface area (Å²) in [5.74, 6) is 0.878. The number of ether oxygens (including phenoxy) is 1. The molecule has 2 aromatic carbocycles. The normalized spacial score (nSPS) is 10.8. The molecule has 0 aliphatic carbocycles. The van der Waals surface area contributed by atoms with Crippen molar-refractivity contribution >= 4 is 44.0 Å². The average Bonchev–Trinajstić information content (AvgIpc) is 2.83. The third-order valence-corrected chi connectivity index (χ3v) is 4.46. The van der Waals surface area contributed by atoms with Gasteiger partial charge in [0.05, 0.1) is 22.3 Å². The number of fused-ring (bicyclic) bond motifs is 1. The highest BCUT2D eigenvalue weighted by atomic mass is 35.5. The maximum absolute atomic E-state index is 6.16. The lowest BCUT2D eigenvalue weighted by atomic mass is 10.2. The number of hydrogen-bond donors (Lipinski definition) is 1. The first-order valence-electron chi connectivity index (χ1n) is 6.14. The topological polar surface area (TPSA) is 34.1 Å². The minimum Gasteiger partial charge on any atom is -0.496 e. The van der Waals surface area contributed by atoms with Crippen LogP contribution in [0.1, 0.15) is 5.56 Å². The van der Waals surface area contributed by atoms with Gasteiger partial charge < -0.3 is 10.1 Å². The molecule has 0 atom stereocenters. The first kappa shape index (κ1) is 13.2. The number of nitrogens with zero attached hydrogens (tertiary/aromatic N) is 1. The van der Waals surface area contributed by atoms with E-state index < -0.39 is 0 Å². The first-order valence-corrected chi connectivity index (χ1v) is 7.33. The van der Waals surface area contributed by atoms with E-state index >= 15 is 0 Å². The van der Waals surface area contributed by atoms with E-state index in [1.807, 2.05) is 43.3 Å². The fourth-order valence-electron chi connectivity index (χ4n) is 2.05. The Morgan fingerprint density at radius 2 is 2.10 bits per heavy atom. The van der Waals surface area contributed by atoms with Crippen LogP contribution in [0.25, 0.3) is 10.2 Å². The predicted octanol–water partition coefficient (Wildman–Crippen LogP) is 5.01. The van der Waals surface area contributed by atoms with Gasteiger partial charge in [-0.2, -0.15) is 0 Å². The molecule has 0 fully saturated rings. The summed E-state index contributed by atoms with van der Waals surface area (Å²) in [5.41, 5.74) is 2.98. The largest absolute Gasteiger partial charge is 0.496 e. The summed E-state index contributed by atoms with van der Waals surface area (Å²) >= 11 is 7.71. The van der Waals surface area contributed by atoms with Gasteiger partial charge >= 0.3 is 0 Å². The lowest BCUT2D eigenvalue weighted by Crippen LogP contribution is -1.92. The van der Waals surface area contributed by atoms with Crippen molar-refractivity contribution in [3.8, 4) is 5.75 Å². The number of hydrogen-bond acceptors (Lipinski definition) is 4. The van der Waals surface area contributed by atoms with Crippen molar-refractivity contribution in [3.63, 3.8) is 0 Å². The Hall–Kier alpha value is -1.78. The van der Waals surface area contributed by atoms with Crippen LogP contribution in [-0.4, -0.2) is 12.1 Å². The standard InChI is InChI=1S/C15H13ClN2OS/c1-9-8-10(6-7-13(9)19-2)17-15-18-12-5-3-4-11(16)14(12)20-15/h3-8H,1-2H3,(H,17,18). The van der Waals surface area contributed by atoms with Gasteiger partial charge in [-0.1, -0.05) is 29.0 Å². The number of halogens is 1. The van der Waals surface area contributed by atoms with Gasteiger partial charge in [0.1, 0.15) is 5.75 Å². The van der Waals surface area contributed by atoms with Gasteiger partial charge in [-0.3, -0.25) is 0 Å². The molecule has 1 heterocycles. The number of rotatable bonds is 3. The highest BCUT2D eigenvalue weighted by Gasteiger charge is 2.07. The average molecular weight is 305 g/mol. The number of anilines is 2. The second kappa shape index (κ2) is 5.31. The van der Waals surface area contributed by atoms with Gasteiger partial charge in [0, 0.05) is 5.69 Å². The zero-order chi connectivity index (χ0) is 14.1. The van der Waals surface area contributed by atoms with E-state index in [2.05, 4.69) is 10.3 Å². The number of methoxy groups -OCH3 is 1. The van der Waals surface area contributed by atoms with Gasteiger partial charge in [-0.15, -0.1) is 0 Å². The Morgan fingerprint density at radius 1 is 1.25 bits per heavy atom. The lowest BCUT2D eigenvalue weighted by Gasteiger charge is -2.07. The number of nitrogens with one attached hydrogen (secondary N) is 1. The SMILES string of the molecule is COc1ccc(Nc2nc3cccc(Cl)c3s2)cc1C. The predicted molar refractivity (Wildman–Crippen MR) is 85.6 cm³/mol. The summed E-state index contributed by atoms with van der Waals surface area (Å²) in [5, 5.41) is 4.87. The molecule has 3 rings (SSSR count). The van der Waals surface area contributed by atoms with E-state index in [0.29, 0.717) is 0 Å². The minimum absolute atomic E-state index is 0.735. The van der Waals surface area contributed by atoms with Crippen LogP contribution in [0.3, 0.4) is 0 Å². The Bertz CT molecular complexity index is 770. The number of aryl methyl sites for hydroxylation is 1. The van der Waals surface area contributed by atoms with E-state index in [0.717, 1.165) is 37.4 Å². The summed E-state index contributed by atoms with van der Waals surface area (Å²) in [6, 6.07) is 11.7. The summed E-state index contributed by atoms with van der Waals surface area (Å²) in [6.07, 6.45) is 0. The molecule has 0 radical (unpaired) electrons. The lowest BCUT2D eigenvalue weighted by molar-refractivity contribution is 0.412. The second-order valence-corrected chi connectivity index (χ2v) is 5.82. The van der Waals surface area contributed by atoms with Crippen molar-refractivity contribution in [3.05, 3.63) is 47.0 Å². The van der Waals surface area contributed by atoms with Gasteiger partial charge in [-0.25, -0.2) is 4.98 Å². The molecule has 0 spiro atoms. The minimum atomic E-state index is 0.735. The Morgan fingerprint density at radius 3 is 2.80 bits per heavy atom. The zero-order valence-corrected chi connectivity index (χ0v) is 12.7. The van der Waals surface area contributed by atoms with Crippen LogP contribution >= 0.6 is 22.9 Å². The number of aromatic nitrogens is 1. The van der Waals surface area contributed by atoms with E-state index in [1.54, 1.807) is 18.4 Å². The van der Waals surface area contributed by atoms with Crippen molar-refractivity contribution in [1.29, 1.82) is 0 Å². The van der Waals surface area contributed by atoms with Crippen molar-refractivity contribution in [2.45, 2.75) is 6.92 Å². The third-order valence-electron chi connectivity index (χ3n) is 3.01. The quantitative estimate of drug-likeness (QED) is 0.738. The molecule has 0 saturated heterocycles. The molecular formula is C15H13ClN2OS. The fraction of sp³-hybridized carbons (Fsp3) is 0.133. The molecule has 1 N–H and O–H groups in total. The molecule has 1 aromatic heterocycles. The molecule has 3 aromatic rings. The van der Waals surface area contributed by atoms with Crippen molar-refractivity contribution in [2.75, 3.05) is 12.4 Å². The molecule has 3 nitrogen and oxygen atoms in total. The van der Waals surface area contributed by atoms with Crippen LogP contribution in [0.4, 0.5) is 10.8 Å². The molecule has 102 valence electrons. The summed E-state index contributed by atoms with van der Waals surface area (Å²) in [7, 11) is 1.67. The van der Waals surface area contributed by atoms with Gasteiger partial charge in [-0.05, 0) is 42.8 Å². The van der Waals surface area contributed by atoms with Crippen LogP contribution in [-0.2, 0) is 0 Å². The highest BCUT2D eigenvalue weighted by Crippen LogP contribution is 2.33. The molecule has 0 aliphatic heterocycles. The molecule has 0 saturated carbocycles. The van der Waals surface area contributed by atoms with Crippen molar-refractivity contribution in [1.82, 2.24) is 4.98 Å². The van der Waals surface area contributed by atoms with Crippen LogP contribution < -0.4 is 10.1 Å². The summed E-state index contributed by atoms with van der Waals surface area (Å²) in [4.78, 5) is 4.53. The van der Waals surface area contributed by atoms with Crippen LogP contribution in [0.2, 0.25) is 5.02 Å². The van der Waals surface area contributed by atoms with Crippen molar-refractivity contribution in [2.24, 2.45) is 0 Å². The van der Waals surface area contributed by atoms with E-state index in [4.69, 9.17) is 16.3 Å². The molecule has 0 aliphatic rings. The maximum Gasteiger partial charge on any atom is 0.188 e. The molecule has 20 heavy (non-hydrogen) atoms. The van der Waals surface area contributed by atoms with Gasteiger partial charge in [0.2, 0.25) is 0 Å². The Kier molecular flexibility index (Phi) is 3.51. The van der Waals surface area contributed by atoms with Crippen LogP contribution in [0.15, 0.2) is 36.4 Å². The first-order chi connectivity index (χ1) is 9.67. The van der Waals surface area contributed by atoms with Crippen LogP contribution in [0, 0.1) is 6.92 Å².